The highest BCUT2D eigenvalue weighted by Gasteiger charge is 2.27. The van der Waals surface area contributed by atoms with Gasteiger partial charge in [0.25, 0.3) is 0 Å². The standard InChI is InChI=1S/C8H15NO2S/c1-8(2,3)12(10)9-7-4-5-11-6-7/h4-6H2,1-3H3/t12-/m1/s1. The molecule has 0 aliphatic carbocycles. The topological polar surface area (TPSA) is 44.7 Å². The Morgan fingerprint density at radius 1 is 1.50 bits per heavy atom. The van der Waals surface area contributed by atoms with Crippen LogP contribution < -0.4 is 0 Å². The van der Waals surface area contributed by atoms with E-state index in [0.717, 1.165) is 18.7 Å². The Morgan fingerprint density at radius 2 is 2.17 bits per heavy atom. The fraction of sp³-hybridized carbons (Fsp3) is 0.875. The number of hydrogen-bond donors (Lipinski definition) is 0. The van der Waals surface area contributed by atoms with E-state index in [1.54, 1.807) is 0 Å². The predicted molar refractivity (Wildman–Crippen MR) is 50.8 cm³/mol. The Hall–Kier alpha value is -0.0600. The van der Waals surface area contributed by atoms with E-state index < -0.39 is 11.4 Å². The fourth-order valence-corrected chi connectivity index (χ4v) is 1.43. The lowest BCUT2D eigenvalue weighted by Crippen LogP contribution is -2.27. The third-order valence-corrected chi connectivity index (χ3v) is 3.01. The highest BCUT2D eigenvalue weighted by Crippen LogP contribution is 2.18. The smallest absolute Gasteiger partial charge is 0.144 e. The van der Waals surface area contributed by atoms with E-state index in [0.29, 0.717) is 6.61 Å². The Bertz CT molecular complexity index is 178. The highest BCUT2D eigenvalue weighted by molar-refractivity contribution is 7.91. The summed E-state index contributed by atoms with van der Waals surface area (Å²) >= 11 is -1.12. The molecular formula is C8H15NO2S. The zero-order valence-corrected chi connectivity index (χ0v) is 8.61. The number of nitrogens with zero attached hydrogens (tertiary/aromatic N) is 1. The lowest BCUT2D eigenvalue weighted by Gasteiger charge is -2.18. The molecule has 0 radical (unpaired) electrons. The molecule has 3 nitrogen and oxygen atoms in total. The molecule has 0 unspecified atom stereocenters. The van der Waals surface area contributed by atoms with Crippen LogP contribution in [0.1, 0.15) is 27.2 Å². The maximum Gasteiger partial charge on any atom is 0.144 e. The van der Waals surface area contributed by atoms with Crippen LogP contribution in [0.15, 0.2) is 4.40 Å². The Balaban J connectivity index is 2.54. The zero-order valence-electron chi connectivity index (χ0n) is 7.79. The van der Waals surface area contributed by atoms with Crippen molar-refractivity contribution in [1.82, 2.24) is 0 Å². The molecule has 0 aromatic rings. The van der Waals surface area contributed by atoms with Crippen LogP contribution in [-0.4, -0.2) is 28.2 Å². The SMILES string of the molecule is CC(C)(C)[S@@+]([O-])N=C1CCOC1. The molecule has 1 saturated heterocycles. The largest absolute Gasteiger partial charge is 0.591 e. The predicted octanol–water partition coefficient (Wildman–Crippen LogP) is 1.31. The molecule has 1 heterocycles. The summed E-state index contributed by atoms with van der Waals surface area (Å²) in [4.78, 5) is 0. The van der Waals surface area contributed by atoms with E-state index in [1.165, 1.54) is 0 Å². The van der Waals surface area contributed by atoms with E-state index in [4.69, 9.17) is 4.74 Å². The number of ether oxygens (including phenoxy) is 1. The molecule has 0 N–H and O–H groups in total. The van der Waals surface area contributed by atoms with Crippen molar-refractivity contribution in [3.8, 4) is 0 Å². The molecule has 0 bridgehead atoms. The zero-order chi connectivity index (χ0) is 9.19. The van der Waals surface area contributed by atoms with E-state index in [1.807, 2.05) is 20.8 Å². The maximum atomic E-state index is 11.5. The molecule has 1 aliphatic heterocycles. The van der Waals surface area contributed by atoms with Crippen molar-refractivity contribution in [3.63, 3.8) is 0 Å². The van der Waals surface area contributed by atoms with Gasteiger partial charge >= 0.3 is 0 Å². The van der Waals surface area contributed by atoms with Gasteiger partial charge in [0, 0.05) is 6.42 Å². The average molecular weight is 189 g/mol. The minimum atomic E-state index is -1.12. The summed E-state index contributed by atoms with van der Waals surface area (Å²) in [5.41, 5.74) is 0.934. The van der Waals surface area contributed by atoms with Crippen LogP contribution in [-0.2, 0) is 16.1 Å². The fourth-order valence-electron chi connectivity index (χ4n) is 0.778. The van der Waals surface area contributed by atoms with E-state index >= 15 is 0 Å². The third-order valence-electron chi connectivity index (χ3n) is 1.54. The Labute approximate surface area is 76.5 Å². The van der Waals surface area contributed by atoms with Gasteiger partial charge < -0.3 is 9.29 Å². The second-order valence-corrected chi connectivity index (χ2v) is 5.73. The Kier molecular flexibility index (Phi) is 3.15. The van der Waals surface area contributed by atoms with E-state index in [2.05, 4.69) is 4.40 Å². The van der Waals surface area contributed by atoms with E-state index in [-0.39, 0.29) is 4.75 Å². The molecule has 1 fully saturated rings. The van der Waals surface area contributed by atoms with E-state index in [9.17, 15) is 4.55 Å². The highest BCUT2D eigenvalue weighted by atomic mass is 32.2. The monoisotopic (exact) mass is 189 g/mol. The van der Waals surface area contributed by atoms with Crippen molar-refractivity contribution >= 4 is 17.1 Å². The van der Waals surface area contributed by atoms with Crippen LogP contribution in [0.5, 0.6) is 0 Å². The molecule has 0 aromatic heterocycles. The average Bonchev–Trinajstić information content (AvgIpc) is 2.37. The molecule has 0 aromatic carbocycles. The van der Waals surface area contributed by atoms with Crippen molar-refractivity contribution in [1.29, 1.82) is 0 Å². The first-order valence-corrected chi connectivity index (χ1v) is 5.17. The minimum absolute atomic E-state index is 0.254. The molecule has 0 amide bonds. The third kappa shape index (κ3) is 2.77. The summed E-state index contributed by atoms with van der Waals surface area (Å²) in [5, 5.41) is 0. The first-order chi connectivity index (χ1) is 5.50. The van der Waals surface area contributed by atoms with Gasteiger partial charge in [-0.05, 0) is 20.8 Å². The second-order valence-electron chi connectivity index (χ2n) is 3.82. The van der Waals surface area contributed by atoms with Crippen molar-refractivity contribution in [2.24, 2.45) is 4.40 Å². The van der Waals surface area contributed by atoms with Crippen molar-refractivity contribution in [3.05, 3.63) is 0 Å². The number of hydrogen-bond acceptors (Lipinski definition) is 3. The summed E-state index contributed by atoms with van der Waals surface area (Å²) in [6, 6.07) is 0. The first-order valence-electron chi connectivity index (χ1n) is 4.06. The van der Waals surface area contributed by atoms with Crippen LogP contribution in [0.3, 0.4) is 0 Å². The second kappa shape index (κ2) is 3.77. The molecule has 1 aliphatic rings. The molecule has 12 heavy (non-hydrogen) atoms. The normalized spacial score (nSPS) is 24.8. The van der Waals surface area contributed by atoms with Gasteiger partial charge in [-0.25, -0.2) is 0 Å². The van der Waals surface area contributed by atoms with Crippen molar-refractivity contribution in [2.75, 3.05) is 13.2 Å². The summed E-state index contributed by atoms with van der Waals surface area (Å²) in [6.07, 6.45) is 0.835. The Morgan fingerprint density at radius 3 is 2.58 bits per heavy atom. The van der Waals surface area contributed by atoms with Gasteiger partial charge in [-0.15, -0.1) is 0 Å². The molecule has 1 atom stereocenters. The first kappa shape index (κ1) is 10.0. The molecule has 1 rings (SSSR count). The summed E-state index contributed by atoms with van der Waals surface area (Å²) in [5.74, 6) is 0. The molecule has 4 heteroatoms. The van der Waals surface area contributed by atoms with Gasteiger partial charge in [-0.2, -0.15) is 0 Å². The molecule has 0 saturated carbocycles. The van der Waals surface area contributed by atoms with Gasteiger partial charge in [0.1, 0.15) is 16.1 Å². The molecular weight excluding hydrogens is 174 g/mol. The van der Waals surface area contributed by atoms with Gasteiger partial charge in [0.05, 0.1) is 18.9 Å². The van der Waals surface area contributed by atoms with Crippen molar-refractivity contribution in [2.45, 2.75) is 31.9 Å². The number of rotatable bonds is 1. The quantitative estimate of drug-likeness (QED) is 0.584. The van der Waals surface area contributed by atoms with Crippen LogP contribution in [0.2, 0.25) is 0 Å². The summed E-state index contributed by atoms with van der Waals surface area (Å²) in [6.45, 7) is 7.04. The molecule has 70 valence electrons. The lowest BCUT2D eigenvalue weighted by atomic mass is 10.3. The van der Waals surface area contributed by atoms with Gasteiger partial charge in [-0.1, -0.05) is 4.40 Å². The maximum absolute atomic E-state index is 11.5. The van der Waals surface area contributed by atoms with Gasteiger partial charge in [0.15, 0.2) is 0 Å². The molecule has 0 spiro atoms. The minimum Gasteiger partial charge on any atom is -0.591 e. The lowest BCUT2D eigenvalue weighted by molar-refractivity contribution is 0.209. The van der Waals surface area contributed by atoms with Crippen LogP contribution >= 0.6 is 0 Å². The van der Waals surface area contributed by atoms with Crippen LogP contribution in [0.25, 0.3) is 0 Å². The van der Waals surface area contributed by atoms with Crippen molar-refractivity contribution < 1.29 is 9.29 Å². The summed E-state index contributed by atoms with van der Waals surface area (Å²) in [7, 11) is 0. The van der Waals surface area contributed by atoms with Gasteiger partial charge in [-0.3, -0.25) is 0 Å². The summed E-state index contributed by atoms with van der Waals surface area (Å²) < 4.78 is 20.5. The van der Waals surface area contributed by atoms with Crippen LogP contribution in [0.4, 0.5) is 0 Å². The van der Waals surface area contributed by atoms with Crippen LogP contribution in [0, 0.1) is 0 Å². The van der Waals surface area contributed by atoms with Gasteiger partial charge in [0.2, 0.25) is 0 Å².